The predicted molar refractivity (Wildman–Crippen MR) is 88.6 cm³/mol. The van der Waals surface area contributed by atoms with Crippen LogP contribution in [0.15, 0.2) is 30.7 Å². The van der Waals surface area contributed by atoms with Crippen LogP contribution in [0.3, 0.4) is 0 Å². The zero-order valence-corrected chi connectivity index (χ0v) is 13.6. The van der Waals surface area contributed by atoms with E-state index in [1.165, 1.54) is 13.2 Å². The number of nitrogens with zero attached hydrogens (tertiary/aromatic N) is 5. The molecule has 0 aromatic carbocycles. The molecule has 3 aromatic heterocycles. The van der Waals surface area contributed by atoms with Crippen LogP contribution in [-0.4, -0.2) is 33.2 Å². The van der Waals surface area contributed by atoms with Gasteiger partial charge in [0.05, 0.1) is 31.2 Å². The second kappa shape index (κ2) is 6.17. The molecule has 0 bridgehead atoms. The highest BCUT2D eigenvalue weighted by atomic mass is 19.1. The lowest BCUT2D eigenvalue weighted by Gasteiger charge is -2.26. The van der Waals surface area contributed by atoms with E-state index in [2.05, 4.69) is 20.0 Å². The fraction of sp³-hybridized carbons (Fsp3) is 0.312. The maximum Gasteiger partial charge on any atom is 0.261 e. The average molecular weight is 344 g/mol. The Kier molecular flexibility index (Phi) is 3.85. The summed E-state index contributed by atoms with van der Waals surface area (Å²) < 4.78 is 15.4. The number of nitrogens with two attached hydrogens (primary N) is 1. The molecule has 0 aliphatic carbocycles. The van der Waals surface area contributed by atoms with Crippen LogP contribution in [0.1, 0.15) is 24.4 Å². The van der Waals surface area contributed by atoms with E-state index in [0.29, 0.717) is 16.9 Å². The number of halogens is 1. The molecule has 0 saturated carbocycles. The lowest BCUT2D eigenvalue weighted by atomic mass is 10.1. The highest BCUT2D eigenvalue weighted by Gasteiger charge is 2.31. The van der Waals surface area contributed by atoms with E-state index < -0.39 is 5.82 Å². The Bertz CT molecular complexity index is 915. The molecule has 0 unspecified atom stereocenters. The summed E-state index contributed by atoms with van der Waals surface area (Å²) in [5.74, 6) is 0.578. The second-order valence-corrected chi connectivity index (χ2v) is 5.80. The quantitative estimate of drug-likeness (QED) is 0.572. The van der Waals surface area contributed by atoms with Gasteiger partial charge >= 0.3 is 0 Å². The Hall–Kier alpha value is -2.94. The number of nitrogen functional groups attached to an aromatic ring is 1. The molecule has 4 rings (SSSR count). The zero-order chi connectivity index (χ0) is 17.4. The summed E-state index contributed by atoms with van der Waals surface area (Å²) in [6, 6.07) is 3.17. The first-order chi connectivity index (χ1) is 12.2. The number of rotatable bonds is 4. The van der Waals surface area contributed by atoms with Crippen LogP contribution in [0.2, 0.25) is 0 Å². The van der Waals surface area contributed by atoms with E-state index in [4.69, 9.17) is 15.5 Å². The second-order valence-electron chi connectivity index (χ2n) is 5.80. The first-order valence-electron chi connectivity index (χ1n) is 7.90. The van der Waals surface area contributed by atoms with Crippen LogP contribution >= 0.6 is 0 Å². The highest BCUT2D eigenvalue weighted by Crippen LogP contribution is 2.39. The number of fused-ring (bicyclic) bond motifs is 1. The minimum atomic E-state index is -0.422. The first kappa shape index (κ1) is 15.6. The number of hydrogen-bond donors (Lipinski definition) is 1. The highest BCUT2D eigenvalue weighted by molar-refractivity contribution is 5.65. The lowest BCUT2D eigenvalue weighted by Crippen LogP contribution is -2.24. The summed E-state index contributed by atoms with van der Waals surface area (Å²) in [7, 11) is 1.39. The van der Waals surface area contributed by atoms with Crippen molar-refractivity contribution in [3.05, 3.63) is 42.1 Å². The monoisotopic (exact) mass is 344 g/mol. The molecule has 0 radical (unpaired) electrons. The Balaban J connectivity index is 1.75. The van der Waals surface area contributed by atoms with Crippen molar-refractivity contribution in [2.45, 2.75) is 18.9 Å². The van der Waals surface area contributed by atoms with Gasteiger partial charge < -0.3 is 15.5 Å². The van der Waals surface area contributed by atoms with Crippen LogP contribution in [0, 0.1) is 5.82 Å². The van der Waals surface area contributed by atoms with Crippen molar-refractivity contribution in [3.8, 4) is 5.88 Å². The zero-order valence-electron chi connectivity index (χ0n) is 13.6. The molecule has 25 heavy (non-hydrogen) atoms. The largest absolute Gasteiger partial charge is 0.394 e. The van der Waals surface area contributed by atoms with Gasteiger partial charge in [-0.3, -0.25) is 0 Å². The van der Waals surface area contributed by atoms with Crippen LogP contribution < -0.4 is 15.5 Å². The van der Waals surface area contributed by atoms with Gasteiger partial charge in [-0.2, -0.15) is 9.99 Å². The van der Waals surface area contributed by atoms with E-state index in [0.717, 1.165) is 31.4 Å². The van der Waals surface area contributed by atoms with E-state index in [1.807, 2.05) is 6.07 Å². The first-order valence-corrected chi connectivity index (χ1v) is 7.90. The van der Waals surface area contributed by atoms with Crippen LogP contribution in [0.5, 0.6) is 5.88 Å². The molecule has 1 atom stereocenters. The molecule has 3 aromatic rings. The molecule has 2 N–H and O–H groups in total. The Morgan fingerprint density at radius 3 is 3.08 bits per heavy atom. The molecule has 1 aliphatic rings. The molecule has 130 valence electrons. The molecule has 9 heteroatoms. The Morgan fingerprint density at radius 2 is 2.24 bits per heavy atom. The fourth-order valence-electron chi connectivity index (χ4n) is 3.23. The van der Waals surface area contributed by atoms with E-state index in [9.17, 15) is 4.39 Å². The maximum atomic E-state index is 13.8. The molecular weight excluding hydrogens is 327 g/mol. The van der Waals surface area contributed by atoms with Crippen LogP contribution in [0.4, 0.5) is 15.9 Å². The van der Waals surface area contributed by atoms with E-state index in [1.54, 1.807) is 16.9 Å². The van der Waals surface area contributed by atoms with Crippen molar-refractivity contribution in [3.63, 3.8) is 0 Å². The Morgan fingerprint density at radius 1 is 1.36 bits per heavy atom. The lowest BCUT2D eigenvalue weighted by molar-refractivity contribution is -0.182. The minimum absolute atomic E-state index is 0.118. The molecule has 1 fully saturated rings. The number of anilines is 2. The van der Waals surface area contributed by atoms with Gasteiger partial charge in [0.25, 0.3) is 5.88 Å². The predicted octanol–water partition coefficient (Wildman–Crippen LogP) is 2.13. The summed E-state index contributed by atoms with van der Waals surface area (Å²) in [6.45, 7) is 0.783. The van der Waals surface area contributed by atoms with Crippen molar-refractivity contribution >= 4 is 17.2 Å². The van der Waals surface area contributed by atoms with Crippen LogP contribution in [0.25, 0.3) is 5.65 Å². The summed E-state index contributed by atoms with van der Waals surface area (Å²) >= 11 is 0. The summed E-state index contributed by atoms with van der Waals surface area (Å²) in [5, 5.41) is 4.13. The summed E-state index contributed by atoms with van der Waals surface area (Å²) in [4.78, 5) is 20.5. The van der Waals surface area contributed by atoms with Gasteiger partial charge in [-0.25, -0.2) is 18.9 Å². The SMILES string of the molecule is COOc1ncc(F)cc1[C@H]1CCCN1c1ccn2ncc(N)c2n1. The molecule has 0 spiro atoms. The van der Waals surface area contributed by atoms with Gasteiger partial charge in [0.15, 0.2) is 5.65 Å². The van der Waals surface area contributed by atoms with Crippen molar-refractivity contribution < 1.29 is 14.2 Å². The third-order valence-corrected chi connectivity index (χ3v) is 4.30. The number of pyridine rings is 1. The van der Waals surface area contributed by atoms with Crippen molar-refractivity contribution in [1.82, 2.24) is 19.6 Å². The molecule has 1 saturated heterocycles. The normalized spacial score (nSPS) is 17.4. The molecule has 1 aliphatic heterocycles. The van der Waals surface area contributed by atoms with Gasteiger partial charge in [-0.15, -0.1) is 0 Å². The van der Waals surface area contributed by atoms with Gasteiger partial charge in [-0.05, 0) is 25.0 Å². The summed E-state index contributed by atoms with van der Waals surface area (Å²) in [6.07, 6.45) is 6.24. The summed E-state index contributed by atoms with van der Waals surface area (Å²) in [5.41, 5.74) is 7.64. The van der Waals surface area contributed by atoms with Gasteiger partial charge in [0, 0.05) is 18.3 Å². The van der Waals surface area contributed by atoms with Crippen LogP contribution in [-0.2, 0) is 4.89 Å². The topological polar surface area (TPSA) is 90.8 Å². The Labute approximate surface area is 142 Å². The molecule has 4 heterocycles. The molecular formula is C16H17FN6O2. The fourth-order valence-corrected chi connectivity index (χ4v) is 3.23. The van der Waals surface area contributed by atoms with E-state index >= 15 is 0 Å². The maximum absolute atomic E-state index is 13.8. The molecule has 8 nitrogen and oxygen atoms in total. The van der Waals surface area contributed by atoms with Crippen molar-refractivity contribution in [2.75, 3.05) is 24.3 Å². The average Bonchev–Trinajstić information content (AvgIpc) is 3.24. The third kappa shape index (κ3) is 2.72. The standard InChI is InChI=1S/C16H17FN6O2/c1-24-25-16-11(7-10(17)8-19-16)13-3-2-5-22(13)14-4-6-23-15(21-14)12(18)9-20-23/h4,6-9,13H,2-3,5,18H2,1H3/t13-/m1/s1. The van der Waals surface area contributed by atoms with E-state index in [-0.39, 0.29) is 11.9 Å². The third-order valence-electron chi connectivity index (χ3n) is 4.30. The molecule has 0 amide bonds. The smallest absolute Gasteiger partial charge is 0.261 e. The van der Waals surface area contributed by atoms with Gasteiger partial charge in [0.2, 0.25) is 0 Å². The minimum Gasteiger partial charge on any atom is -0.394 e. The number of hydrogen-bond acceptors (Lipinski definition) is 7. The number of aromatic nitrogens is 4. The van der Waals surface area contributed by atoms with Gasteiger partial charge in [-0.1, -0.05) is 0 Å². The van der Waals surface area contributed by atoms with Gasteiger partial charge in [0.1, 0.15) is 11.6 Å². The van der Waals surface area contributed by atoms with Crippen molar-refractivity contribution in [1.29, 1.82) is 0 Å². The van der Waals surface area contributed by atoms with Crippen molar-refractivity contribution in [2.24, 2.45) is 0 Å².